The van der Waals surface area contributed by atoms with Crippen molar-refractivity contribution in [3.63, 3.8) is 0 Å². The van der Waals surface area contributed by atoms with Gasteiger partial charge in [-0.05, 0) is 55.9 Å². The third-order valence-corrected chi connectivity index (χ3v) is 4.67. The lowest BCUT2D eigenvalue weighted by Crippen LogP contribution is -2.36. The molecule has 0 unspecified atom stereocenters. The molecule has 1 aliphatic carbocycles. The summed E-state index contributed by atoms with van der Waals surface area (Å²) in [6.07, 6.45) is 4.00. The van der Waals surface area contributed by atoms with Gasteiger partial charge in [-0.2, -0.15) is 0 Å². The minimum absolute atomic E-state index is 0.126. The minimum Gasteiger partial charge on any atom is -0.496 e. The van der Waals surface area contributed by atoms with Crippen molar-refractivity contribution in [2.45, 2.75) is 45.3 Å². The van der Waals surface area contributed by atoms with Crippen molar-refractivity contribution in [3.8, 4) is 11.5 Å². The molecule has 2 aromatic rings. The molecule has 0 radical (unpaired) electrons. The predicted octanol–water partition coefficient (Wildman–Crippen LogP) is 3.66. The van der Waals surface area contributed by atoms with Crippen LogP contribution in [-0.4, -0.2) is 19.1 Å². The van der Waals surface area contributed by atoms with Crippen LogP contribution in [0.1, 0.15) is 36.5 Å². The Morgan fingerprint density at radius 1 is 1.08 bits per heavy atom. The van der Waals surface area contributed by atoms with Crippen molar-refractivity contribution in [3.05, 3.63) is 59.2 Å². The summed E-state index contributed by atoms with van der Waals surface area (Å²) in [5.74, 6) is 1.49. The van der Waals surface area contributed by atoms with E-state index in [2.05, 4.69) is 11.4 Å². The Morgan fingerprint density at radius 3 is 2.68 bits per heavy atom. The Hall–Kier alpha value is -2.49. The maximum atomic E-state index is 12.4. The van der Waals surface area contributed by atoms with Crippen LogP contribution in [0.2, 0.25) is 0 Å². The number of hydrogen-bond donors (Lipinski definition) is 1. The van der Waals surface area contributed by atoms with E-state index < -0.39 is 6.10 Å². The van der Waals surface area contributed by atoms with E-state index in [0.717, 1.165) is 29.9 Å². The molecule has 0 saturated heterocycles. The summed E-state index contributed by atoms with van der Waals surface area (Å²) in [7, 11) is 1.63. The van der Waals surface area contributed by atoms with Gasteiger partial charge in [0.25, 0.3) is 5.91 Å². The second kappa shape index (κ2) is 8.06. The lowest BCUT2D eigenvalue weighted by Gasteiger charge is -2.22. The highest BCUT2D eigenvalue weighted by Crippen LogP contribution is 2.30. The number of amides is 1. The van der Waals surface area contributed by atoms with Crippen LogP contribution < -0.4 is 14.8 Å². The molecule has 0 fully saturated rings. The molecule has 0 spiro atoms. The molecular weight excluding hydrogens is 314 g/mol. The van der Waals surface area contributed by atoms with Crippen LogP contribution >= 0.6 is 0 Å². The first-order valence-corrected chi connectivity index (χ1v) is 8.86. The number of aryl methyl sites for hydroxylation is 1. The summed E-state index contributed by atoms with van der Waals surface area (Å²) in [4.78, 5) is 12.4. The van der Waals surface area contributed by atoms with Gasteiger partial charge in [-0.3, -0.25) is 4.79 Å². The molecule has 1 N–H and O–H groups in total. The molecule has 3 rings (SSSR count). The number of para-hydroxylation sites is 1. The van der Waals surface area contributed by atoms with E-state index in [-0.39, 0.29) is 5.91 Å². The Morgan fingerprint density at radius 2 is 1.84 bits per heavy atom. The van der Waals surface area contributed by atoms with Crippen LogP contribution in [0.25, 0.3) is 0 Å². The van der Waals surface area contributed by atoms with Crippen molar-refractivity contribution < 1.29 is 14.3 Å². The van der Waals surface area contributed by atoms with Gasteiger partial charge in [-0.25, -0.2) is 0 Å². The Labute approximate surface area is 149 Å². The van der Waals surface area contributed by atoms with E-state index in [0.29, 0.717) is 6.54 Å². The summed E-state index contributed by atoms with van der Waals surface area (Å²) in [6, 6.07) is 13.8. The number of carbonyl (C=O) groups is 1. The van der Waals surface area contributed by atoms with Gasteiger partial charge in [0.05, 0.1) is 7.11 Å². The molecule has 0 aromatic heterocycles. The van der Waals surface area contributed by atoms with E-state index in [1.165, 1.54) is 24.0 Å². The Kier molecular flexibility index (Phi) is 5.59. The molecule has 2 aromatic carbocycles. The lowest BCUT2D eigenvalue weighted by atomic mass is 9.91. The van der Waals surface area contributed by atoms with E-state index in [9.17, 15) is 4.79 Å². The van der Waals surface area contributed by atoms with Crippen molar-refractivity contribution in [1.29, 1.82) is 0 Å². The summed E-state index contributed by atoms with van der Waals surface area (Å²) < 4.78 is 11.3. The molecular formula is C21H25NO3. The summed E-state index contributed by atoms with van der Waals surface area (Å²) in [6.45, 7) is 2.21. The highest BCUT2D eigenvalue weighted by atomic mass is 16.5. The maximum absolute atomic E-state index is 12.4. The second-order valence-corrected chi connectivity index (χ2v) is 6.39. The molecule has 0 saturated carbocycles. The number of fused-ring (bicyclic) bond motifs is 1. The van der Waals surface area contributed by atoms with Crippen molar-refractivity contribution in [1.82, 2.24) is 5.32 Å². The molecule has 0 bridgehead atoms. The lowest BCUT2D eigenvalue weighted by molar-refractivity contribution is -0.127. The zero-order chi connectivity index (χ0) is 17.6. The van der Waals surface area contributed by atoms with Crippen molar-refractivity contribution in [2.24, 2.45) is 0 Å². The first-order chi connectivity index (χ1) is 12.2. The van der Waals surface area contributed by atoms with Crippen LogP contribution in [0.3, 0.4) is 0 Å². The fourth-order valence-electron chi connectivity index (χ4n) is 3.28. The van der Waals surface area contributed by atoms with Crippen LogP contribution in [0.15, 0.2) is 42.5 Å². The Balaban J connectivity index is 1.62. The van der Waals surface area contributed by atoms with Crippen LogP contribution in [0.5, 0.6) is 11.5 Å². The van der Waals surface area contributed by atoms with Crippen molar-refractivity contribution in [2.75, 3.05) is 7.11 Å². The maximum Gasteiger partial charge on any atom is 0.261 e. The molecule has 4 nitrogen and oxygen atoms in total. The second-order valence-electron chi connectivity index (χ2n) is 6.39. The number of ether oxygens (including phenoxy) is 2. The number of rotatable bonds is 6. The highest BCUT2D eigenvalue weighted by Gasteiger charge is 2.19. The smallest absolute Gasteiger partial charge is 0.261 e. The van der Waals surface area contributed by atoms with E-state index >= 15 is 0 Å². The zero-order valence-electron chi connectivity index (χ0n) is 14.9. The molecule has 4 heteroatoms. The number of benzene rings is 2. The highest BCUT2D eigenvalue weighted by molar-refractivity contribution is 5.80. The fraction of sp³-hybridized carbons (Fsp3) is 0.381. The van der Waals surface area contributed by atoms with Crippen LogP contribution in [0.4, 0.5) is 0 Å². The normalized spacial score (nSPS) is 14.3. The van der Waals surface area contributed by atoms with Crippen LogP contribution in [0, 0.1) is 0 Å². The zero-order valence-corrected chi connectivity index (χ0v) is 14.9. The van der Waals surface area contributed by atoms with Crippen LogP contribution in [-0.2, 0) is 24.2 Å². The van der Waals surface area contributed by atoms with Gasteiger partial charge >= 0.3 is 0 Å². The average molecular weight is 339 g/mol. The largest absolute Gasteiger partial charge is 0.496 e. The quantitative estimate of drug-likeness (QED) is 0.874. The van der Waals surface area contributed by atoms with E-state index in [4.69, 9.17) is 9.47 Å². The standard InChI is InChI=1S/C21H25NO3/c1-15(21(23)22-14-17-9-4-6-12-19(17)24-2)25-20-13-7-10-16-8-3-5-11-18(16)20/h4,6-7,9-10,12-13,15H,3,5,8,11,14H2,1-2H3,(H,22,23)/t15-/m0/s1. The van der Waals surface area contributed by atoms with E-state index in [1.807, 2.05) is 36.4 Å². The first kappa shape index (κ1) is 17.3. The summed E-state index contributed by atoms with van der Waals surface area (Å²) in [5.41, 5.74) is 3.56. The number of carbonyl (C=O) groups excluding carboxylic acids is 1. The molecule has 132 valence electrons. The first-order valence-electron chi connectivity index (χ1n) is 8.86. The fourth-order valence-corrected chi connectivity index (χ4v) is 3.28. The SMILES string of the molecule is COc1ccccc1CNC(=O)[C@H](C)Oc1cccc2c1CCCC2. The topological polar surface area (TPSA) is 47.6 Å². The number of hydrogen-bond acceptors (Lipinski definition) is 3. The van der Waals surface area contributed by atoms with Gasteiger partial charge in [-0.15, -0.1) is 0 Å². The molecule has 0 aliphatic heterocycles. The summed E-state index contributed by atoms with van der Waals surface area (Å²) >= 11 is 0. The average Bonchev–Trinajstić information content (AvgIpc) is 2.66. The number of nitrogens with one attached hydrogen (secondary N) is 1. The minimum atomic E-state index is -0.539. The monoisotopic (exact) mass is 339 g/mol. The molecule has 1 amide bonds. The van der Waals surface area contributed by atoms with Crippen molar-refractivity contribution >= 4 is 5.91 Å². The third kappa shape index (κ3) is 4.13. The summed E-state index contributed by atoms with van der Waals surface area (Å²) in [5, 5.41) is 2.93. The van der Waals surface area contributed by atoms with Gasteiger partial charge in [0, 0.05) is 12.1 Å². The van der Waals surface area contributed by atoms with Gasteiger partial charge < -0.3 is 14.8 Å². The molecule has 0 heterocycles. The number of methoxy groups -OCH3 is 1. The van der Waals surface area contributed by atoms with Gasteiger partial charge in [0.1, 0.15) is 11.5 Å². The van der Waals surface area contributed by atoms with Gasteiger partial charge in [0.15, 0.2) is 6.10 Å². The Bertz CT molecular complexity index is 742. The van der Waals surface area contributed by atoms with E-state index in [1.54, 1.807) is 14.0 Å². The molecule has 1 atom stereocenters. The van der Waals surface area contributed by atoms with Gasteiger partial charge in [0.2, 0.25) is 0 Å². The predicted molar refractivity (Wildman–Crippen MR) is 98.0 cm³/mol. The molecule has 25 heavy (non-hydrogen) atoms. The third-order valence-electron chi connectivity index (χ3n) is 4.67. The van der Waals surface area contributed by atoms with Gasteiger partial charge in [-0.1, -0.05) is 30.3 Å². The molecule has 1 aliphatic rings.